The van der Waals surface area contributed by atoms with E-state index < -0.39 is 5.60 Å². The van der Waals surface area contributed by atoms with Gasteiger partial charge in [0.1, 0.15) is 16.8 Å². The number of aromatic nitrogens is 5. The lowest BCUT2D eigenvalue weighted by atomic mass is 10.1. The number of nitrogens with zero attached hydrogens (tertiary/aromatic N) is 6. The van der Waals surface area contributed by atoms with E-state index in [1.807, 2.05) is 17.6 Å². The lowest BCUT2D eigenvalue weighted by Gasteiger charge is -2.26. The third kappa shape index (κ3) is 4.14. The monoisotopic (exact) mass is 411 g/mol. The van der Waals surface area contributed by atoms with Crippen molar-refractivity contribution in [2.45, 2.75) is 39.5 Å². The van der Waals surface area contributed by atoms with Crippen LogP contribution in [0.15, 0.2) is 10.7 Å². The highest BCUT2D eigenvalue weighted by Crippen LogP contribution is 2.28. The molecule has 10 nitrogen and oxygen atoms in total. The van der Waals surface area contributed by atoms with Gasteiger partial charge in [-0.15, -0.1) is 0 Å². The Labute approximate surface area is 174 Å². The van der Waals surface area contributed by atoms with Gasteiger partial charge >= 0.3 is 0 Å². The molecule has 1 fully saturated rings. The average molecular weight is 411 g/mol. The van der Waals surface area contributed by atoms with Gasteiger partial charge in [0.25, 0.3) is 0 Å². The van der Waals surface area contributed by atoms with Crippen LogP contribution < -0.4 is 5.73 Å². The zero-order valence-electron chi connectivity index (χ0n) is 17.3. The lowest BCUT2D eigenvalue weighted by molar-refractivity contribution is 0.0336. The SMILES string of the molecule is CCn1c(-c2nonc2N)nc2c(C#CC(C)(C)O)nc(CN3CCOCC3)cc21. The molecular formula is C20H25N7O3. The van der Waals surface area contributed by atoms with Gasteiger partial charge in [0.2, 0.25) is 0 Å². The normalized spacial score (nSPS) is 15.3. The van der Waals surface area contributed by atoms with Gasteiger partial charge in [-0.3, -0.25) is 4.90 Å². The smallest absolute Gasteiger partial charge is 0.199 e. The minimum absolute atomic E-state index is 0.172. The molecule has 4 heterocycles. The van der Waals surface area contributed by atoms with Crippen LogP contribution in [-0.4, -0.2) is 66.8 Å². The van der Waals surface area contributed by atoms with Crippen LogP contribution in [0.4, 0.5) is 5.82 Å². The first kappa shape index (κ1) is 20.3. The molecule has 0 radical (unpaired) electrons. The summed E-state index contributed by atoms with van der Waals surface area (Å²) in [5, 5.41) is 17.7. The first-order chi connectivity index (χ1) is 14.4. The summed E-state index contributed by atoms with van der Waals surface area (Å²) >= 11 is 0. The zero-order chi connectivity index (χ0) is 21.3. The van der Waals surface area contributed by atoms with E-state index in [0.29, 0.717) is 49.0 Å². The summed E-state index contributed by atoms with van der Waals surface area (Å²) < 4.78 is 12.2. The third-order valence-corrected chi connectivity index (χ3v) is 4.81. The number of aryl methyl sites for hydroxylation is 1. The Balaban J connectivity index is 1.87. The fourth-order valence-electron chi connectivity index (χ4n) is 3.39. The van der Waals surface area contributed by atoms with Gasteiger partial charge in [0, 0.05) is 26.2 Å². The summed E-state index contributed by atoms with van der Waals surface area (Å²) in [6.45, 7) is 9.71. The maximum Gasteiger partial charge on any atom is 0.199 e. The van der Waals surface area contributed by atoms with Crippen molar-refractivity contribution in [1.29, 1.82) is 0 Å². The second kappa shape index (κ2) is 8.02. The van der Waals surface area contributed by atoms with Crippen molar-refractivity contribution in [1.82, 2.24) is 29.7 Å². The molecule has 1 saturated heterocycles. The van der Waals surface area contributed by atoms with E-state index in [-0.39, 0.29) is 5.82 Å². The summed E-state index contributed by atoms with van der Waals surface area (Å²) in [7, 11) is 0. The second-order valence-corrected chi connectivity index (χ2v) is 7.71. The average Bonchev–Trinajstić information content (AvgIpc) is 3.29. The van der Waals surface area contributed by atoms with E-state index in [1.165, 1.54) is 0 Å². The molecule has 158 valence electrons. The molecule has 0 bridgehead atoms. The van der Waals surface area contributed by atoms with Crippen LogP contribution >= 0.6 is 0 Å². The number of nitrogens with two attached hydrogens (primary N) is 1. The highest BCUT2D eigenvalue weighted by atomic mass is 16.6. The standard InChI is InChI=1S/C20H25N7O3/c1-4-27-15-11-13(12-26-7-9-29-10-8-26)22-14(5-6-20(2,3)28)16(15)23-19(27)17-18(21)25-30-24-17/h11,28H,4,7-10,12H2,1-3H3,(H2,21,25). The van der Waals surface area contributed by atoms with Crippen molar-refractivity contribution < 1.29 is 14.5 Å². The van der Waals surface area contributed by atoms with Crippen molar-refractivity contribution in [3.8, 4) is 23.4 Å². The summed E-state index contributed by atoms with van der Waals surface area (Å²) in [5.74, 6) is 6.57. The number of imidazole rings is 1. The van der Waals surface area contributed by atoms with Crippen LogP contribution in [0.5, 0.6) is 0 Å². The van der Waals surface area contributed by atoms with Crippen molar-refractivity contribution in [2.24, 2.45) is 0 Å². The van der Waals surface area contributed by atoms with Gasteiger partial charge in [-0.05, 0) is 43.1 Å². The van der Waals surface area contributed by atoms with E-state index in [4.69, 9.17) is 25.1 Å². The largest absolute Gasteiger partial charge is 0.379 e. The van der Waals surface area contributed by atoms with Crippen molar-refractivity contribution >= 4 is 16.9 Å². The van der Waals surface area contributed by atoms with Crippen molar-refractivity contribution in [2.75, 3.05) is 32.0 Å². The van der Waals surface area contributed by atoms with Crippen molar-refractivity contribution in [3.05, 3.63) is 17.5 Å². The number of ether oxygens (including phenoxy) is 1. The van der Waals surface area contributed by atoms with Crippen LogP contribution in [-0.2, 0) is 17.8 Å². The quantitative estimate of drug-likeness (QED) is 0.605. The zero-order valence-corrected chi connectivity index (χ0v) is 17.3. The molecule has 4 rings (SSSR count). The molecule has 3 N–H and O–H groups in total. The molecule has 0 unspecified atom stereocenters. The molecule has 1 aliphatic heterocycles. The lowest BCUT2D eigenvalue weighted by Crippen LogP contribution is -2.35. The molecule has 0 spiro atoms. The van der Waals surface area contributed by atoms with Crippen LogP contribution in [0.2, 0.25) is 0 Å². The molecular weight excluding hydrogens is 386 g/mol. The number of anilines is 1. The first-order valence-corrected chi connectivity index (χ1v) is 9.90. The van der Waals surface area contributed by atoms with Crippen LogP contribution in [0.3, 0.4) is 0 Å². The summed E-state index contributed by atoms with van der Waals surface area (Å²) in [6, 6.07) is 2.02. The van der Waals surface area contributed by atoms with Gasteiger partial charge in [-0.2, -0.15) is 0 Å². The molecule has 10 heteroatoms. The molecule has 0 atom stereocenters. The minimum atomic E-state index is -1.15. The van der Waals surface area contributed by atoms with Gasteiger partial charge in [0.05, 0.1) is 24.4 Å². The second-order valence-electron chi connectivity index (χ2n) is 7.71. The van der Waals surface area contributed by atoms with Gasteiger partial charge < -0.3 is 20.1 Å². The Morgan fingerprint density at radius 1 is 1.23 bits per heavy atom. The third-order valence-electron chi connectivity index (χ3n) is 4.81. The Morgan fingerprint density at radius 2 is 2.00 bits per heavy atom. The molecule has 3 aromatic heterocycles. The molecule has 0 aromatic carbocycles. The van der Waals surface area contributed by atoms with Crippen LogP contribution in [0, 0.1) is 11.8 Å². The van der Waals surface area contributed by atoms with Gasteiger partial charge in [0.15, 0.2) is 17.3 Å². The number of aliphatic hydroxyl groups is 1. The Morgan fingerprint density at radius 3 is 2.63 bits per heavy atom. The minimum Gasteiger partial charge on any atom is -0.379 e. The molecule has 30 heavy (non-hydrogen) atoms. The van der Waals surface area contributed by atoms with Crippen LogP contribution in [0.25, 0.3) is 22.6 Å². The number of rotatable bonds is 4. The molecule has 1 aliphatic rings. The Hall–Kier alpha value is -3.00. The molecule has 3 aromatic rings. The highest BCUT2D eigenvalue weighted by Gasteiger charge is 2.22. The maximum absolute atomic E-state index is 10.1. The van der Waals surface area contributed by atoms with E-state index in [9.17, 15) is 5.11 Å². The number of hydrogen-bond donors (Lipinski definition) is 2. The number of nitrogen functional groups attached to an aromatic ring is 1. The van der Waals surface area contributed by atoms with E-state index in [1.54, 1.807) is 13.8 Å². The summed E-state index contributed by atoms with van der Waals surface area (Å²) in [5.41, 5.74) is 8.00. The molecule has 0 amide bonds. The molecule has 0 aliphatic carbocycles. The topological polar surface area (TPSA) is 128 Å². The number of morpholine rings is 1. The predicted octanol–water partition coefficient (Wildman–Crippen LogP) is 1.04. The first-order valence-electron chi connectivity index (χ1n) is 9.90. The fourth-order valence-corrected chi connectivity index (χ4v) is 3.39. The van der Waals surface area contributed by atoms with Crippen LogP contribution in [0.1, 0.15) is 32.2 Å². The Kier molecular flexibility index (Phi) is 5.42. The van der Waals surface area contributed by atoms with Gasteiger partial charge in [-0.25, -0.2) is 14.6 Å². The van der Waals surface area contributed by atoms with E-state index in [2.05, 4.69) is 27.1 Å². The van der Waals surface area contributed by atoms with Gasteiger partial charge in [-0.1, -0.05) is 5.92 Å². The summed E-state index contributed by atoms with van der Waals surface area (Å²) in [6.07, 6.45) is 0. The van der Waals surface area contributed by atoms with Crippen molar-refractivity contribution in [3.63, 3.8) is 0 Å². The number of fused-ring (bicyclic) bond motifs is 1. The Bertz CT molecular complexity index is 1110. The van der Waals surface area contributed by atoms with E-state index in [0.717, 1.165) is 24.3 Å². The number of hydrogen-bond acceptors (Lipinski definition) is 9. The maximum atomic E-state index is 10.1. The molecule has 0 saturated carbocycles. The predicted molar refractivity (Wildman–Crippen MR) is 110 cm³/mol. The summed E-state index contributed by atoms with van der Waals surface area (Å²) in [4.78, 5) is 11.8. The fraction of sp³-hybridized carbons (Fsp3) is 0.500. The van der Waals surface area contributed by atoms with E-state index >= 15 is 0 Å². The number of pyridine rings is 1. The highest BCUT2D eigenvalue weighted by molar-refractivity contribution is 5.85.